The van der Waals surface area contributed by atoms with Crippen molar-refractivity contribution in [3.05, 3.63) is 96.1 Å². The van der Waals surface area contributed by atoms with Crippen molar-refractivity contribution in [2.75, 3.05) is 4.90 Å². The van der Waals surface area contributed by atoms with Crippen LogP contribution in [-0.2, 0) is 5.41 Å². The summed E-state index contributed by atoms with van der Waals surface area (Å²) < 4.78 is 2.36. The summed E-state index contributed by atoms with van der Waals surface area (Å²) in [7, 11) is 0. The zero-order valence-electron chi connectivity index (χ0n) is 27.8. The van der Waals surface area contributed by atoms with Crippen LogP contribution < -0.4 is 7.79 Å². The third-order valence-electron chi connectivity index (χ3n) is 8.71. The van der Waals surface area contributed by atoms with Crippen LogP contribution in [0.4, 0.5) is 17.1 Å². The molecular weight excluding hydrogens is 645 g/mol. The number of aryl methyl sites for hydroxylation is 1. The van der Waals surface area contributed by atoms with Crippen LogP contribution >= 0.6 is 11.3 Å². The molecule has 0 aliphatic carbocycles. The molecule has 2 radical (unpaired) electrons. The molecule has 1 nitrogen and oxygen atoms in total. The molecule has 0 fully saturated rings. The summed E-state index contributed by atoms with van der Waals surface area (Å²) in [4.78, 5) is 3.81. The molecule has 0 atom stereocenters. The van der Waals surface area contributed by atoms with Gasteiger partial charge in [0.15, 0.2) is 0 Å². The topological polar surface area (TPSA) is 3.24 Å². The first-order valence-electron chi connectivity index (χ1n) is 16.6. The Hall–Kier alpha value is -2.04. The monoisotopic (exact) mass is 699 g/mol. The van der Waals surface area contributed by atoms with Gasteiger partial charge in [0.2, 0.25) is 0 Å². The molecule has 0 spiro atoms. The number of hydrogen-bond acceptors (Lipinski definition) is 2. The van der Waals surface area contributed by atoms with Crippen LogP contribution in [0.3, 0.4) is 0 Å². The Labute approximate surface area is 277 Å². The van der Waals surface area contributed by atoms with Gasteiger partial charge in [-0.25, -0.2) is 0 Å². The molecule has 0 aliphatic rings. The van der Waals surface area contributed by atoms with Gasteiger partial charge in [-0.1, -0.05) is 20.8 Å². The molecule has 228 valence electrons. The molecule has 0 saturated carbocycles. The van der Waals surface area contributed by atoms with Gasteiger partial charge >= 0.3 is 246 Å². The van der Waals surface area contributed by atoms with E-state index in [1.54, 1.807) is 2.89 Å². The summed E-state index contributed by atoms with van der Waals surface area (Å²) in [6.45, 7) is 16.1. The second-order valence-electron chi connectivity index (χ2n) is 13.4. The van der Waals surface area contributed by atoms with Crippen molar-refractivity contribution in [2.24, 2.45) is 0 Å². The van der Waals surface area contributed by atoms with Gasteiger partial charge < -0.3 is 0 Å². The van der Waals surface area contributed by atoms with Gasteiger partial charge in [-0.2, -0.15) is 0 Å². The van der Waals surface area contributed by atoms with E-state index in [0.717, 1.165) is 0 Å². The normalized spacial score (nSPS) is 12.1. The number of thiophene rings is 1. The van der Waals surface area contributed by atoms with Crippen LogP contribution in [-0.4, -0.2) is 21.1 Å². The van der Waals surface area contributed by atoms with E-state index in [1.807, 2.05) is 0 Å². The molecule has 3 heteroatoms. The molecule has 3 aromatic carbocycles. The fourth-order valence-electron chi connectivity index (χ4n) is 5.96. The van der Waals surface area contributed by atoms with Crippen molar-refractivity contribution >= 4 is 52.4 Å². The Morgan fingerprint density at radius 1 is 0.605 bits per heavy atom. The van der Waals surface area contributed by atoms with E-state index in [1.165, 1.54) is 96.4 Å². The van der Waals surface area contributed by atoms with Crippen LogP contribution in [0.1, 0.15) is 110 Å². The summed E-state index contributed by atoms with van der Waals surface area (Å²) in [5.41, 5.74) is 7.70. The molecule has 0 unspecified atom stereocenters. The average Bonchev–Trinajstić information content (AvgIpc) is 3.47. The zero-order chi connectivity index (χ0) is 30.9. The minimum atomic E-state index is -0.702. The van der Waals surface area contributed by atoms with Crippen molar-refractivity contribution in [3.8, 4) is 10.4 Å². The first-order chi connectivity index (χ1) is 20.7. The Morgan fingerprint density at radius 2 is 1.07 bits per heavy atom. The first-order valence-corrected chi connectivity index (χ1v) is 20.3. The van der Waals surface area contributed by atoms with Gasteiger partial charge in [-0.3, -0.25) is 0 Å². The number of benzene rings is 3. The van der Waals surface area contributed by atoms with Crippen molar-refractivity contribution < 1.29 is 0 Å². The van der Waals surface area contributed by atoms with Gasteiger partial charge in [0.05, 0.1) is 0 Å². The minimum absolute atomic E-state index is 0.138. The van der Waals surface area contributed by atoms with E-state index in [9.17, 15) is 0 Å². The van der Waals surface area contributed by atoms with Crippen molar-refractivity contribution in [1.29, 1.82) is 0 Å². The molecule has 4 rings (SSSR count). The van der Waals surface area contributed by atoms with E-state index >= 15 is 0 Å². The molecule has 0 aliphatic heterocycles. The molecule has 1 aromatic heterocycles. The van der Waals surface area contributed by atoms with Crippen LogP contribution in [0.2, 0.25) is 3.43 Å². The van der Waals surface area contributed by atoms with Gasteiger partial charge in [0.1, 0.15) is 0 Å². The Balaban J connectivity index is 1.60. The maximum atomic E-state index is 2.49. The van der Waals surface area contributed by atoms with Gasteiger partial charge in [-0.05, 0) is 12.3 Å². The Bertz CT molecular complexity index is 1350. The fraction of sp³-hybridized carbons (Fsp3) is 0.450. The number of unbranched alkanes of at least 4 members (excludes halogenated alkanes) is 3. The predicted octanol–water partition coefficient (Wildman–Crippen LogP) is 12.5. The third kappa shape index (κ3) is 9.23. The molecular formula is C40H53NSSn. The van der Waals surface area contributed by atoms with Crippen LogP contribution in [0.5, 0.6) is 0 Å². The Kier molecular flexibility index (Phi) is 12.4. The molecule has 0 amide bonds. The van der Waals surface area contributed by atoms with E-state index in [4.69, 9.17) is 0 Å². The Morgan fingerprint density at radius 3 is 1.53 bits per heavy atom. The number of rotatable bonds is 15. The number of anilines is 3. The van der Waals surface area contributed by atoms with Crippen molar-refractivity contribution in [1.82, 2.24) is 0 Å². The molecule has 0 N–H and O–H groups in total. The number of nitrogens with zero attached hydrogens (tertiary/aromatic N) is 1. The summed E-state index contributed by atoms with van der Waals surface area (Å²) in [6, 6.07) is 32.2. The number of hydrogen-bond donors (Lipinski definition) is 0. The average molecular weight is 699 g/mol. The van der Waals surface area contributed by atoms with Gasteiger partial charge in [0.25, 0.3) is 0 Å². The SMILES string of the molecule is CCCC[C](CCCC)(CCCC)[Sn][c]1ccc(-c2ccc(N(c3ccc(C)cc3)c3ccc(C(C)(C)C)cc3)cc2)s1. The van der Waals surface area contributed by atoms with Gasteiger partial charge in [0, 0.05) is 0 Å². The second kappa shape index (κ2) is 15.8. The summed E-state index contributed by atoms with van der Waals surface area (Å²) >= 11 is 1.39. The van der Waals surface area contributed by atoms with E-state index in [-0.39, 0.29) is 5.41 Å². The molecule has 43 heavy (non-hydrogen) atoms. The zero-order valence-corrected chi connectivity index (χ0v) is 31.5. The second-order valence-corrected chi connectivity index (χ2v) is 20.8. The summed E-state index contributed by atoms with van der Waals surface area (Å²) in [5, 5.41) is 0. The molecule has 1 heterocycles. The van der Waals surface area contributed by atoms with E-state index in [2.05, 4.69) is 150 Å². The van der Waals surface area contributed by atoms with Crippen LogP contribution in [0.15, 0.2) is 84.9 Å². The maximum absolute atomic E-state index is 2.49. The van der Waals surface area contributed by atoms with Crippen molar-refractivity contribution in [2.45, 2.75) is 115 Å². The molecule has 4 aromatic rings. The van der Waals surface area contributed by atoms with E-state index in [0.29, 0.717) is 3.43 Å². The summed E-state index contributed by atoms with van der Waals surface area (Å²) in [6.07, 6.45) is 12.5. The first kappa shape index (κ1) is 33.8. The van der Waals surface area contributed by atoms with E-state index < -0.39 is 21.1 Å². The van der Waals surface area contributed by atoms with Gasteiger partial charge in [-0.15, -0.1) is 0 Å². The van der Waals surface area contributed by atoms with Crippen molar-refractivity contribution in [3.63, 3.8) is 0 Å². The van der Waals surface area contributed by atoms with Crippen LogP contribution in [0, 0.1) is 6.92 Å². The van der Waals surface area contributed by atoms with Crippen LogP contribution in [0.25, 0.3) is 10.4 Å². The molecule has 0 bridgehead atoms. The fourth-order valence-corrected chi connectivity index (χ4v) is 14.2. The summed E-state index contributed by atoms with van der Waals surface area (Å²) in [5.74, 6) is 0. The quantitative estimate of drug-likeness (QED) is 0.112. The third-order valence-corrected chi connectivity index (χ3v) is 16.1. The predicted molar refractivity (Wildman–Crippen MR) is 195 cm³/mol. The standard InChI is InChI=1S/C27H26NS.C13H27.Sn/c1-20-7-13-23(14-8-20)28(25-17-11-22(12-18-25)27(2,3)4)24-15-9-21(10-16-24)26-6-5-19-29-26;1-4-7-10-13(11-8-5-2)12-9-6-3;/h5-18H,1-4H3;4-12H2,1-3H3;. The molecule has 0 saturated heterocycles.